The van der Waals surface area contributed by atoms with Gasteiger partial charge in [-0.3, -0.25) is 9.69 Å². The maximum Gasteiger partial charge on any atom is 0.264 e. The molecular formula is C38H47N5O5S3. The Kier molecular flexibility index (Phi) is 12.9. The number of rotatable bonds is 15. The van der Waals surface area contributed by atoms with Crippen LogP contribution in [0.5, 0.6) is 0 Å². The van der Waals surface area contributed by atoms with E-state index >= 15 is 0 Å². The fourth-order valence-corrected chi connectivity index (χ4v) is 8.96. The lowest BCUT2D eigenvalue weighted by molar-refractivity contribution is 0.0981. The number of sulfone groups is 1. The molecule has 0 aliphatic carbocycles. The fourth-order valence-electron chi connectivity index (χ4n) is 5.97. The van der Waals surface area contributed by atoms with E-state index in [9.17, 15) is 21.6 Å². The lowest BCUT2D eigenvalue weighted by Crippen LogP contribution is -2.46. The van der Waals surface area contributed by atoms with Gasteiger partial charge in [0.25, 0.3) is 15.9 Å². The van der Waals surface area contributed by atoms with Crippen LogP contribution in [-0.2, 0) is 26.4 Å². The van der Waals surface area contributed by atoms with Crippen LogP contribution in [0.15, 0.2) is 112 Å². The third-order valence-electron chi connectivity index (χ3n) is 8.85. The quantitative estimate of drug-likeness (QED) is 0.154. The van der Waals surface area contributed by atoms with E-state index in [0.717, 1.165) is 67.4 Å². The highest BCUT2D eigenvalue weighted by Gasteiger charge is 2.23. The molecule has 51 heavy (non-hydrogen) atoms. The predicted octanol–water partition coefficient (Wildman–Crippen LogP) is 5.36. The number of sulfonamides is 1. The number of hydrogen-bond acceptors (Lipinski definition) is 10. The van der Waals surface area contributed by atoms with Gasteiger partial charge in [-0.05, 0) is 106 Å². The third-order valence-corrected chi connectivity index (χ3v) is 12.5. The molecule has 0 radical (unpaired) electrons. The van der Waals surface area contributed by atoms with Crippen LogP contribution < -0.4 is 14.9 Å². The summed E-state index contributed by atoms with van der Waals surface area (Å²) in [6, 6.07) is 29.3. The minimum Gasteiger partial charge on any atom is -0.381 e. The number of thioether (sulfide) groups is 1. The SMILES string of the molecule is Cc1cc(S(=O)(=O)NC(=O)c2ccc(N3CCN(Cc4ccccc4S(C)(=O)=O)CC3)cc2)ccc1N[C@H](CCN(C)C)CSc1ccccc1. The second kappa shape index (κ2) is 17.1. The maximum absolute atomic E-state index is 13.3. The second-order valence-corrected chi connectivity index (χ2v) is 17.9. The summed E-state index contributed by atoms with van der Waals surface area (Å²) in [4.78, 5) is 21.2. The number of carbonyl (C=O) groups excluding carboxylic acids is 1. The van der Waals surface area contributed by atoms with Crippen LogP contribution >= 0.6 is 11.8 Å². The largest absolute Gasteiger partial charge is 0.381 e. The molecule has 1 aliphatic rings. The van der Waals surface area contributed by atoms with Gasteiger partial charge in [0, 0.05) is 72.6 Å². The molecule has 1 saturated heterocycles. The van der Waals surface area contributed by atoms with Crippen LogP contribution in [0, 0.1) is 6.92 Å². The van der Waals surface area contributed by atoms with Crippen LogP contribution in [0.3, 0.4) is 0 Å². The molecule has 0 spiro atoms. The van der Waals surface area contributed by atoms with Gasteiger partial charge in [-0.25, -0.2) is 21.6 Å². The van der Waals surface area contributed by atoms with E-state index in [1.54, 1.807) is 48.2 Å². The van der Waals surface area contributed by atoms with E-state index in [1.165, 1.54) is 17.2 Å². The second-order valence-electron chi connectivity index (χ2n) is 13.2. The standard InChI is InChI=1S/C38H47N5O5S3/c1-29-26-35(18-19-36(29)39-32(20-21-41(2)3)28-49-34-11-6-5-7-12-34)51(47,48)40-38(44)30-14-16-33(17-15-30)43-24-22-42(23-25-43)27-31-10-8-9-13-37(31)50(4,45)46/h5-19,26,32,39H,20-25,27-28H2,1-4H3,(H,40,44)/t32-/m1/s1. The first kappa shape index (κ1) is 38.4. The molecule has 10 nitrogen and oxygen atoms in total. The van der Waals surface area contributed by atoms with E-state index in [0.29, 0.717) is 11.4 Å². The number of nitrogens with zero attached hydrogens (tertiary/aromatic N) is 3. The molecule has 0 saturated carbocycles. The first-order chi connectivity index (χ1) is 24.3. The molecule has 4 aromatic rings. The molecule has 5 rings (SSSR count). The van der Waals surface area contributed by atoms with E-state index in [1.807, 2.05) is 63.5 Å². The Labute approximate surface area is 307 Å². The molecule has 0 aromatic heterocycles. The highest BCUT2D eigenvalue weighted by Crippen LogP contribution is 2.25. The molecular weight excluding hydrogens is 703 g/mol. The van der Waals surface area contributed by atoms with Gasteiger partial charge in [-0.15, -0.1) is 11.8 Å². The summed E-state index contributed by atoms with van der Waals surface area (Å²) in [5.74, 6) is 0.155. The third kappa shape index (κ3) is 10.8. The number of aryl methyl sites for hydroxylation is 1. The molecule has 1 heterocycles. The molecule has 0 bridgehead atoms. The van der Waals surface area contributed by atoms with Crippen molar-refractivity contribution in [3.05, 3.63) is 114 Å². The summed E-state index contributed by atoms with van der Waals surface area (Å²) in [7, 11) is -3.33. The highest BCUT2D eigenvalue weighted by atomic mass is 32.2. The molecule has 1 aliphatic heterocycles. The van der Waals surface area contributed by atoms with E-state index in [2.05, 4.69) is 36.9 Å². The van der Waals surface area contributed by atoms with Crippen molar-refractivity contribution in [3.63, 3.8) is 0 Å². The van der Waals surface area contributed by atoms with Gasteiger partial charge in [0.2, 0.25) is 0 Å². The highest BCUT2D eigenvalue weighted by molar-refractivity contribution is 7.99. The summed E-state index contributed by atoms with van der Waals surface area (Å²) in [6.07, 6.45) is 2.15. The molecule has 0 unspecified atom stereocenters. The Morgan fingerprint density at radius 3 is 2.18 bits per heavy atom. The van der Waals surface area contributed by atoms with Crippen molar-refractivity contribution in [2.24, 2.45) is 0 Å². The average Bonchev–Trinajstić information content (AvgIpc) is 3.10. The number of carbonyl (C=O) groups is 1. The van der Waals surface area contributed by atoms with Crippen molar-refractivity contribution >= 4 is 48.9 Å². The first-order valence-electron chi connectivity index (χ1n) is 16.9. The topological polar surface area (TPSA) is 119 Å². The van der Waals surface area contributed by atoms with Crippen LogP contribution in [0.2, 0.25) is 0 Å². The molecule has 1 atom stereocenters. The predicted molar refractivity (Wildman–Crippen MR) is 207 cm³/mol. The number of piperazine rings is 1. The summed E-state index contributed by atoms with van der Waals surface area (Å²) >= 11 is 1.78. The zero-order chi connectivity index (χ0) is 36.6. The van der Waals surface area contributed by atoms with Gasteiger partial charge in [-0.2, -0.15) is 0 Å². The number of nitrogens with one attached hydrogen (secondary N) is 2. The summed E-state index contributed by atoms with van der Waals surface area (Å²) in [5.41, 5.74) is 3.59. The van der Waals surface area contributed by atoms with Gasteiger partial charge < -0.3 is 15.1 Å². The molecule has 272 valence electrons. The minimum absolute atomic E-state index is 0.0241. The van der Waals surface area contributed by atoms with Gasteiger partial charge in [0.1, 0.15) is 0 Å². The van der Waals surface area contributed by atoms with Crippen LogP contribution in [0.1, 0.15) is 27.9 Å². The molecule has 2 N–H and O–H groups in total. The first-order valence-corrected chi connectivity index (χ1v) is 21.3. The van der Waals surface area contributed by atoms with Crippen LogP contribution in [0.25, 0.3) is 0 Å². The van der Waals surface area contributed by atoms with Crippen molar-refractivity contribution < 1.29 is 21.6 Å². The molecule has 1 amide bonds. The number of amides is 1. The fraction of sp³-hybridized carbons (Fsp3) is 0.342. The smallest absolute Gasteiger partial charge is 0.264 e. The zero-order valence-corrected chi connectivity index (χ0v) is 32.0. The monoisotopic (exact) mass is 749 g/mol. The Morgan fingerprint density at radius 1 is 0.863 bits per heavy atom. The van der Waals surface area contributed by atoms with Crippen LogP contribution in [0.4, 0.5) is 11.4 Å². The van der Waals surface area contributed by atoms with Crippen molar-refractivity contribution in [2.75, 3.05) is 69.0 Å². The summed E-state index contributed by atoms with van der Waals surface area (Å²) in [6.45, 7) is 6.27. The lowest BCUT2D eigenvalue weighted by atomic mass is 10.1. The summed E-state index contributed by atoms with van der Waals surface area (Å²) < 4.78 is 53.2. The maximum atomic E-state index is 13.3. The van der Waals surface area contributed by atoms with Gasteiger partial charge >= 0.3 is 0 Å². The van der Waals surface area contributed by atoms with Gasteiger partial charge in [-0.1, -0.05) is 36.4 Å². The average molecular weight is 750 g/mol. The van der Waals surface area contributed by atoms with Gasteiger partial charge in [0.15, 0.2) is 9.84 Å². The number of anilines is 2. The Balaban J connectivity index is 1.16. The van der Waals surface area contributed by atoms with Crippen LogP contribution in [-0.4, -0.2) is 97.4 Å². The molecule has 13 heteroatoms. The zero-order valence-electron chi connectivity index (χ0n) is 29.6. The Bertz CT molecular complexity index is 2000. The van der Waals surface area contributed by atoms with E-state index in [-0.39, 0.29) is 16.5 Å². The lowest BCUT2D eigenvalue weighted by Gasteiger charge is -2.36. The normalized spacial score (nSPS) is 14.7. The molecule has 1 fully saturated rings. The summed E-state index contributed by atoms with van der Waals surface area (Å²) in [5, 5.41) is 3.61. The van der Waals surface area contributed by atoms with Crippen molar-refractivity contribution in [1.29, 1.82) is 0 Å². The number of benzene rings is 4. The van der Waals surface area contributed by atoms with E-state index in [4.69, 9.17) is 0 Å². The number of hydrogen-bond donors (Lipinski definition) is 2. The van der Waals surface area contributed by atoms with Crippen molar-refractivity contribution in [3.8, 4) is 0 Å². The van der Waals surface area contributed by atoms with Gasteiger partial charge in [0.05, 0.1) is 9.79 Å². The van der Waals surface area contributed by atoms with Crippen molar-refractivity contribution in [2.45, 2.75) is 40.6 Å². The minimum atomic E-state index is -4.11. The molecule has 4 aromatic carbocycles. The Morgan fingerprint density at radius 2 is 1.53 bits per heavy atom. The van der Waals surface area contributed by atoms with E-state index < -0.39 is 25.8 Å². The van der Waals surface area contributed by atoms with Crippen molar-refractivity contribution in [1.82, 2.24) is 14.5 Å². The Hall–Kier alpha value is -3.88.